The van der Waals surface area contributed by atoms with Gasteiger partial charge in [-0.15, -0.1) is 0 Å². The van der Waals surface area contributed by atoms with Crippen LogP contribution in [0, 0.1) is 10.1 Å². The fourth-order valence-electron chi connectivity index (χ4n) is 1.28. The number of benzene rings is 1. The summed E-state index contributed by atoms with van der Waals surface area (Å²) in [4.78, 5) is 20.5. The van der Waals surface area contributed by atoms with Crippen molar-refractivity contribution in [2.45, 2.75) is 13.3 Å². The minimum Gasteiger partial charge on any atom is -0.494 e. The Kier molecular flexibility index (Phi) is 3.82. The second-order valence-electron chi connectivity index (χ2n) is 3.05. The van der Waals surface area contributed by atoms with Gasteiger partial charge in [-0.05, 0) is 13.0 Å². The van der Waals surface area contributed by atoms with Crippen molar-refractivity contribution in [2.24, 2.45) is 0 Å². The number of hydrogen-bond donors (Lipinski definition) is 1. The van der Waals surface area contributed by atoms with E-state index in [4.69, 9.17) is 9.84 Å². The normalized spacial score (nSPS) is 9.81. The molecule has 0 amide bonds. The van der Waals surface area contributed by atoms with Crippen LogP contribution in [0.15, 0.2) is 18.2 Å². The highest BCUT2D eigenvalue weighted by molar-refractivity contribution is 5.71. The lowest BCUT2D eigenvalue weighted by Gasteiger charge is -2.07. The van der Waals surface area contributed by atoms with Gasteiger partial charge in [0.15, 0.2) is 0 Å². The van der Waals surface area contributed by atoms with Crippen molar-refractivity contribution in [3.8, 4) is 5.75 Å². The van der Waals surface area contributed by atoms with E-state index in [1.54, 1.807) is 6.92 Å². The number of carboxylic acid groups (broad SMARTS) is 1. The van der Waals surface area contributed by atoms with Crippen LogP contribution in [-0.2, 0) is 11.2 Å². The zero-order valence-electron chi connectivity index (χ0n) is 8.67. The van der Waals surface area contributed by atoms with E-state index >= 15 is 0 Å². The van der Waals surface area contributed by atoms with E-state index in [0.29, 0.717) is 17.9 Å². The fourth-order valence-corrected chi connectivity index (χ4v) is 1.28. The van der Waals surface area contributed by atoms with Gasteiger partial charge in [0, 0.05) is 17.7 Å². The number of aliphatic carboxylic acids is 1. The second kappa shape index (κ2) is 5.11. The number of nitrogens with zero attached hydrogens (tertiary/aromatic N) is 1. The third kappa shape index (κ3) is 2.94. The van der Waals surface area contributed by atoms with Crippen LogP contribution in [0.2, 0.25) is 0 Å². The summed E-state index contributed by atoms with van der Waals surface area (Å²) in [6.07, 6.45) is -0.295. The first-order valence-corrected chi connectivity index (χ1v) is 4.66. The standard InChI is InChI=1S/C10H11NO5/c1-2-16-9-4-3-8(11(14)15)5-7(9)6-10(12)13/h3-5H,2,6H2,1H3,(H,12,13). The van der Waals surface area contributed by atoms with Gasteiger partial charge >= 0.3 is 5.97 Å². The van der Waals surface area contributed by atoms with E-state index in [-0.39, 0.29) is 12.1 Å². The molecule has 0 atom stereocenters. The molecular formula is C10H11NO5. The summed E-state index contributed by atoms with van der Waals surface area (Å²) in [7, 11) is 0. The lowest BCUT2D eigenvalue weighted by Crippen LogP contribution is -2.04. The molecule has 0 bridgehead atoms. The lowest BCUT2D eigenvalue weighted by molar-refractivity contribution is -0.384. The molecular weight excluding hydrogens is 214 g/mol. The van der Waals surface area contributed by atoms with Crippen molar-refractivity contribution in [3.63, 3.8) is 0 Å². The minimum absolute atomic E-state index is 0.139. The van der Waals surface area contributed by atoms with Crippen molar-refractivity contribution >= 4 is 11.7 Å². The van der Waals surface area contributed by atoms with Gasteiger partial charge in [0.05, 0.1) is 18.0 Å². The Morgan fingerprint density at radius 2 is 2.25 bits per heavy atom. The van der Waals surface area contributed by atoms with E-state index in [1.165, 1.54) is 18.2 Å². The van der Waals surface area contributed by atoms with Crippen LogP contribution in [0.1, 0.15) is 12.5 Å². The van der Waals surface area contributed by atoms with Crippen LogP contribution in [0.25, 0.3) is 0 Å². The molecule has 1 rings (SSSR count). The van der Waals surface area contributed by atoms with Gasteiger partial charge < -0.3 is 9.84 Å². The summed E-state index contributed by atoms with van der Waals surface area (Å²) in [5, 5.41) is 19.2. The molecule has 0 aliphatic rings. The molecule has 0 aliphatic heterocycles. The first-order valence-electron chi connectivity index (χ1n) is 4.66. The number of carbonyl (C=O) groups is 1. The van der Waals surface area contributed by atoms with Gasteiger partial charge in [0.2, 0.25) is 0 Å². The molecule has 1 aromatic carbocycles. The summed E-state index contributed by atoms with van der Waals surface area (Å²) < 4.78 is 5.19. The Hall–Kier alpha value is -2.11. The quantitative estimate of drug-likeness (QED) is 0.607. The smallest absolute Gasteiger partial charge is 0.307 e. The Balaban J connectivity index is 3.09. The molecule has 0 saturated heterocycles. The zero-order valence-corrected chi connectivity index (χ0v) is 8.67. The van der Waals surface area contributed by atoms with Gasteiger partial charge in [-0.2, -0.15) is 0 Å². The van der Waals surface area contributed by atoms with Crippen LogP contribution >= 0.6 is 0 Å². The Bertz CT molecular complexity index is 416. The van der Waals surface area contributed by atoms with Crippen LogP contribution in [-0.4, -0.2) is 22.6 Å². The Labute approximate surface area is 91.6 Å². The first kappa shape index (κ1) is 12.0. The number of carboxylic acids is 1. The molecule has 0 aromatic heterocycles. The van der Waals surface area contributed by atoms with Crippen LogP contribution in [0.5, 0.6) is 5.75 Å². The van der Waals surface area contributed by atoms with Gasteiger partial charge in [-0.1, -0.05) is 0 Å². The largest absolute Gasteiger partial charge is 0.494 e. The molecule has 0 fully saturated rings. The zero-order chi connectivity index (χ0) is 12.1. The van der Waals surface area contributed by atoms with E-state index in [9.17, 15) is 14.9 Å². The number of rotatable bonds is 5. The molecule has 16 heavy (non-hydrogen) atoms. The molecule has 0 spiro atoms. The molecule has 1 aromatic rings. The average molecular weight is 225 g/mol. The van der Waals surface area contributed by atoms with Crippen LogP contribution < -0.4 is 4.74 Å². The molecule has 0 aliphatic carbocycles. The number of nitro groups is 1. The van der Waals surface area contributed by atoms with Gasteiger partial charge in [-0.3, -0.25) is 14.9 Å². The topological polar surface area (TPSA) is 89.7 Å². The predicted molar refractivity (Wildman–Crippen MR) is 55.6 cm³/mol. The molecule has 0 heterocycles. The van der Waals surface area contributed by atoms with Gasteiger partial charge in [0.25, 0.3) is 5.69 Å². The molecule has 0 saturated carbocycles. The molecule has 6 heteroatoms. The summed E-state index contributed by atoms with van der Waals surface area (Å²) >= 11 is 0. The maximum atomic E-state index is 10.6. The highest BCUT2D eigenvalue weighted by Crippen LogP contribution is 2.24. The number of ether oxygens (including phenoxy) is 1. The van der Waals surface area contributed by atoms with Crippen LogP contribution in [0.3, 0.4) is 0 Å². The molecule has 1 N–H and O–H groups in total. The SMILES string of the molecule is CCOc1ccc([N+](=O)[O-])cc1CC(=O)O. The number of non-ortho nitro benzene ring substituents is 1. The Morgan fingerprint density at radius 1 is 1.56 bits per heavy atom. The molecule has 86 valence electrons. The number of nitro benzene ring substituents is 1. The average Bonchev–Trinajstić information content (AvgIpc) is 2.19. The summed E-state index contributed by atoms with van der Waals surface area (Å²) in [5.74, 6) is -0.683. The summed E-state index contributed by atoms with van der Waals surface area (Å²) in [6.45, 7) is 2.14. The Morgan fingerprint density at radius 3 is 2.75 bits per heavy atom. The van der Waals surface area contributed by atoms with E-state index in [1.807, 2.05) is 0 Å². The van der Waals surface area contributed by atoms with Gasteiger partial charge in [0.1, 0.15) is 5.75 Å². The maximum absolute atomic E-state index is 10.6. The van der Waals surface area contributed by atoms with E-state index in [2.05, 4.69) is 0 Å². The van der Waals surface area contributed by atoms with Crippen molar-refractivity contribution in [1.82, 2.24) is 0 Å². The van der Waals surface area contributed by atoms with Crippen molar-refractivity contribution in [3.05, 3.63) is 33.9 Å². The minimum atomic E-state index is -1.05. The molecule has 0 radical (unpaired) electrons. The van der Waals surface area contributed by atoms with Crippen LogP contribution in [0.4, 0.5) is 5.69 Å². The molecule has 0 unspecified atom stereocenters. The van der Waals surface area contributed by atoms with E-state index < -0.39 is 10.9 Å². The van der Waals surface area contributed by atoms with Crippen molar-refractivity contribution in [2.75, 3.05) is 6.61 Å². The second-order valence-corrected chi connectivity index (χ2v) is 3.05. The monoisotopic (exact) mass is 225 g/mol. The first-order chi connectivity index (χ1) is 7.54. The van der Waals surface area contributed by atoms with Crippen molar-refractivity contribution < 1.29 is 19.6 Å². The summed E-state index contributed by atoms with van der Waals surface area (Å²) in [5.41, 5.74) is 0.170. The highest BCUT2D eigenvalue weighted by atomic mass is 16.6. The predicted octanol–water partition coefficient (Wildman–Crippen LogP) is 1.62. The molecule has 6 nitrogen and oxygen atoms in total. The van der Waals surface area contributed by atoms with Gasteiger partial charge in [-0.25, -0.2) is 0 Å². The maximum Gasteiger partial charge on any atom is 0.307 e. The van der Waals surface area contributed by atoms with E-state index in [0.717, 1.165) is 0 Å². The fraction of sp³-hybridized carbons (Fsp3) is 0.300. The van der Waals surface area contributed by atoms with Crippen molar-refractivity contribution in [1.29, 1.82) is 0 Å². The number of hydrogen-bond acceptors (Lipinski definition) is 4. The highest BCUT2D eigenvalue weighted by Gasteiger charge is 2.13. The lowest BCUT2D eigenvalue weighted by atomic mass is 10.1. The third-order valence-electron chi connectivity index (χ3n) is 1.90. The summed E-state index contributed by atoms with van der Waals surface area (Å²) in [6, 6.07) is 3.93. The third-order valence-corrected chi connectivity index (χ3v) is 1.90.